The molecule has 0 aliphatic heterocycles. The van der Waals surface area contributed by atoms with E-state index in [0.29, 0.717) is 12.4 Å². The first-order chi connectivity index (χ1) is 9.74. The highest BCUT2D eigenvalue weighted by molar-refractivity contribution is 7.85. The van der Waals surface area contributed by atoms with Gasteiger partial charge in [0, 0.05) is 6.07 Å². The molecule has 1 heterocycles. The van der Waals surface area contributed by atoms with E-state index in [1.165, 1.54) is 12.1 Å². The normalized spacial score (nSPS) is 11.3. The maximum Gasteiger partial charge on any atom is 0.312 e. The molecule has 0 saturated carbocycles. The largest absolute Gasteiger partial charge is 0.502 e. The number of aldehydes is 1. The van der Waals surface area contributed by atoms with Crippen molar-refractivity contribution in [2.45, 2.75) is 4.90 Å². The first kappa shape index (κ1) is 14.7. The molecule has 0 aliphatic carbocycles. The second-order valence-corrected chi connectivity index (χ2v) is 5.31. The minimum atomic E-state index is -4.73. The van der Waals surface area contributed by atoms with Crippen molar-refractivity contribution in [3.05, 3.63) is 40.1 Å². The van der Waals surface area contributed by atoms with Crippen LogP contribution in [0.4, 0.5) is 5.69 Å². The zero-order valence-electron chi connectivity index (χ0n) is 10.1. The van der Waals surface area contributed by atoms with E-state index < -0.39 is 31.4 Å². The Bertz CT molecular complexity index is 836. The molecule has 110 valence electrons. The quantitative estimate of drug-likeness (QED) is 0.374. The summed E-state index contributed by atoms with van der Waals surface area (Å²) in [7, 11) is -4.73. The number of phenols is 1. The summed E-state index contributed by atoms with van der Waals surface area (Å²) in [5, 5.41) is 20.6. The van der Waals surface area contributed by atoms with Crippen LogP contribution in [-0.4, -0.2) is 29.3 Å². The van der Waals surface area contributed by atoms with Crippen molar-refractivity contribution in [1.82, 2.24) is 0 Å². The van der Waals surface area contributed by atoms with Gasteiger partial charge in [-0.2, -0.15) is 8.42 Å². The van der Waals surface area contributed by atoms with Gasteiger partial charge in [0.2, 0.25) is 5.75 Å². The first-order valence-electron chi connectivity index (χ1n) is 5.28. The summed E-state index contributed by atoms with van der Waals surface area (Å²) in [5.74, 6) is -1.13. The molecule has 0 atom stereocenters. The lowest BCUT2D eigenvalue weighted by Gasteiger charge is -2.05. The number of furan rings is 1. The highest BCUT2D eigenvalue weighted by Gasteiger charge is 2.25. The number of benzene rings is 1. The molecule has 0 fully saturated rings. The molecule has 2 aromatic rings. The molecule has 0 saturated heterocycles. The minimum Gasteiger partial charge on any atom is -0.502 e. The molecule has 10 heteroatoms. The zero-order chi connectivity index (χ0) is 15.8. The van der Waals surface area contributed by atoms with E-state index in [1.807, 2.05) is 0 Å². The molecule has 2 rings (SSSR count). The molecule has 21 heavy (non-hydrogen) atoms. The third-order valence-corrected chi connectivity index (χ3v) is 3.40. The van der Waals surface area contributed by atoms with Gasteiger partial charge in [-0.25, -0.2) is 0 Å². The topological polar surface area (TPSA) is 148 Å². The number of phenolic OH excluding ortho intramolecular Hbond substituents is 1. The van der Waals surface area contributed by atoms with E-state index in [9.17, 15) is 28.4 Å². The Labute approximate surface area is 117 Å². The molecule has 0 unspecified atom stereocenters. The molecule has 0 aliphatic rings. The number of hydrogen-bond donors (Lipinski definition) is 2. The van der Waals surface area contributed by atoms with E-state index >= 15 is 0 Å². The number of hydrogen-bond acceptors (Lipinski definition) is 7. The summed E-state index contributed by atoms with van der Waals surface area (Å²) < 4.78 is 36.2. The number of nitro groups is 1. The van der Waals surface area contributed by atoms with Crippen LogP contribution in [0.2, 0.25) is 0 Å². The Morgan fingerprint density at radius 2 is 1.95 bits per heavy atom. The van der Waals surface area contributed by atoms with E-state index in [4.69, 9.17) is 8.97 Å². The maximum absolute atomic E-state index is 11.1. The lowest BCUT2D eigenvalue weighted by molar-refractivity contribution is -0.386. The zero-order valence-corrected chi connectivity index (χ0v) is 10.9. The van der Waals surface area contributed by atoms with Gasteiger partial charge in [-0.1, -0.05) is 0 Å². The predicted octanol–water partition coefficient (Wildman–Crippen LogP) is 1.62. The highest BCUT2D eigenvalue weighted by Crippen LogP contribution is 2.39. The van der Waals surface area contributed by atoms with Crippen molar-refractivity contribution in [3.8, 4) is 17.1 Å². The maximum atomic E-state index is 11.1. The lowest BCUT2D eigenvalue weighted by atomic mass is 10.1. The third kappa shape index (κ3) is 2.75. The molecule has 1 aromatic heterocycles. The fourth-order valence-electron chi connectivity index (χ4n) is 1.63. The van der Waals surface area contributed by atoms with Crippen molar-refractivity contribution in [3.63, 3.8) is 0 Å². The molecule has 0 spiro atoms. The first-order valence-corrected chi connectivity index (χ1v) is 6.72. The van der Waals surface area contributed by atoms with Crippen molar-refractivity contribution in [2.75, 3.05) is 0 Å². The van der Waals surface area contributed by atoms with Crippen LogP contribution in [0.25, 0.3) is 11.3 Å². The van der Waals surface area contributed by atoms with Crippen LogP contribution in [0.15, 0.2) is 33.6 Å². The molecule has 0 amide bonds. The highest BCUT2D eigenvalue weighted by atomic mass is 32.2. The van der Waals surface area contributed by atoms with Gasteiger partial charge in [0.25, 0.3) is 10.1 Å². The SMILES string of the molecule is O=Cc1ccc(-c2cc(S(=O)(=O)O)cc([N+](=O)[O-])c2O)o1. The van der Waals surface area contributed by atoms with Crippen LogP contribution in [0.3, 0.4) is 0 Å². The van der Waals surface area contributed by atoms with E-state index in [-0.39, 0.29) is 17.1 Å². The minimum absolute atomic E-state index is 0.121. The van der Waals surface area contributed by atoms with Gasteiger partial charge in [-0.15, -0.1) is 0 Å². The van der Waals surface area contributed by atoms with Crippen LogP contribution in [0, 0.1) is 10.1 Å². The van der Waals surface area contributed by atoms with Gasteiger partial charge in [0.15, 0.2) is 12.0 Å². The molecule has 1 aromatic carbocycles. The van der Waals surface area contributed by atoms with Gasteiger partial charge in [0.05, 0.1) is 10.5 Å². The second-order valence-electron chi connectivity index (χ2n) is 3.89. The number of rotatable bonds is 4. The Morgan fingerprint density at radius 3 is 2.43 bits per heavy atom. The fourth-order valence-corrected chi connectivity index (χ4v) is 2.16. The van der Waals surface area contributed by atoms with Gasteiger partial charge in [0.1, 0.15) is 10.7 Å². The average molecular weight is 313 g/mol. The summed E-state index contributed by atoms with van der Waals surface area (Å²) in [5.41, 5.74) is -1.27. The van der Waals surface area contributed by atoms with Crippen LogP contribution in [-0.2, 0) is 10.1 Å². The monoisotopic (exact) mass is 313 g/mol. The number of nitro benzene ring substituents is 1. The Morgan fingerprint density at radius 1 is 1.29 bits per heavy atom. The summed E-state index contributed by atoms with van der Waals surface area (Å²) in [6, 6.07) is 3.76. The van der Waals surface area contributed by atoms with Crippen LogP contribution in [0.5, 0.6) is 5.75 Å². The van der Waals surface area contributed by atoms with Gasteiger partial charge >= 0.3 is 5.69 Å². The van der Waals surface area contributed by atoms with Crippen molar-refractivity contribution < 1.29 is 32.2 Å². The van der Waals surface area contributed by atoms with Crippen LogP contribution < -0.4 is 0 Å². The number of aromatic hydroxyl groups is 1. The Balaban J connectivity index is 2.78. The summed E-state index contributed by atoms with van der Waals surface area (Å²) in [6.45, 7) is 0. The van der Waals surface area contributed by atoms with Crippen molar-refractivity contribution in [1.29, 1.82) is 0 Å². The van der Waals surface area contributed by atoms with Crippen LogP contribution in [0.1, 0.15) is 10.6 Å². The molecule has 9 nitrogen and oxygen atoms in total. The van der Waals surface area contributed by atoms with Gasteiger partial charge in [-0.05, 0) is 18.2 Å². The van der Waals surface area contributed by atoms with E-state index in [1.54, 1.807) is 0 Å². The van der Waals surface area contributed by atoms with Gasteiger partial charge < -0.3 is 9.52 Å². The standard InChI is InChI=1S/C11H7NO8S/c13-5-6-1-2-10(20-6)8-3-7(21(17,18)19)4-9(11(8)14)12(15)16/h1-5,14H,(H,17,18,19). The van der Waals surface area contributed by atoms with E-state index in [0.717, 1.165) is 6.07 Å². The number of nitrogens with zero attached hydrogens (tertiary/aromatic N) is 1. The van der Waals surface area contributed by atoms with Crippen molar-refractivity contribution in [2.24, 2.45) is 0 Å². The van der Waals surface area contributed by atoms with Crippen molar-refractivity contribution >= 4 is 22.1 Å². The lowest BCUT2D eigenvalue weighted by Crippen LogP contribution is -2.00. The average Bonchev–Trinajstić information content (AvgIpc) is 2.85. The molecule has 0 radical (unpaired) electrons. The Kier molecular flexibility index (Phi) is 3.49. The Hall–Kier alpha value is -2.72. The number of carbonyl (C=O) groups is 1. The second kappa shape index (κ2) is 5.00. The fraction of sp³-hybridized carbons (Fsp3) is 0. The van der Waals surface area contributed by atoms with Crippen LogP contribution >= 0.6 is 0 Å². The molecular formula is C11H7NO8S. The summed E-state index contributed by atoms with van der Waals surface area (Å²) >= 11 is 0. The molecule has 0 bridgehead atoms. The smallest absolute Gasteiger partial charge is 0.312 e. The number of carbonyl (C=O) groups excluding carboxylic acids is 1. The van der Waals surface area contributed by atoms with E-state index in [2.05, 4.69) is 0 Å². The third-order valence-electron chi connectivity index (χ3n) is 2.57. The van der Waals surface area contributed by atoms with Gasteiger partial charge in [-0.3, -0.25) is 19.5 Å². The molecule has 2 N–H and O–H groups in total. The predicted molar refractivity (Wildman–Crippen MR) is 67.7 cm³/mol. The summed E-state index contributed by atoms with van der Waals surface area (Å²) in [4.78, 5) is 19.6. The molecular weight excluding hydrogens is 306 g/mol. The summed E-state index contributed by atoms with van der Waals surface area (Å²) in [6.07, 6.45) is 0.363.